The van der Waals surface area contributed by atoms with Crippen molar-refractivity contribution in [3.63, 3.8) is 0 Å². The summed E-state index contributed by atoms with van der Waals surface area (Å²) in [5.74, 6) is 0.625. The van der Waals surface area contributed by atoms with Crippen LogP contribution in [0.1, 0.15) is 31.0 Å². The van der Waals surface area contributed by atoms with Gasteiger partial charge in [-0.15, -0.1) is 0 Å². The third-order valence-corrected chi connectivity index (χ3v) is 2.71. The van der Waals surface area contributed by atoms with Crippen LogP contribution in [-0.4, -0.2) is 13.1 Å². The molecule has 0 bridgehead atoms. The second kappa shape index (κ2) is 8.15. The molecule has 0 fully saturated rings. The molecule has 1 rings (SSSR count). The molecular weight excluding hydrogens is 238 g/mol. The van der Waals surface area contributed by atoms with E-state index in [9.17, 15) is 0 Å². The monoisotopic (exact) mass is 257 g/mol. The Morgan fingerprint density at radius 2 is 2.05 bits per heavy atom. The van der Waals surface area contributed by atoms with Gasteiger partial charge in [-0.1, -0.05) is 43.2 Å². The first-order chi connectivity index (χ1) is 9.17. The summed E-state index contributed by atoms with van der Waals surface area (Å²) in [6.45, 7) is 5.21. The zero-order valence-corrected chi connectivity index (χ0v) is 11.4. The van der Waals surface area contributed by atoms with E-state index in [2.05, 4.69) is 47.4 Å². The molecule has 1 N–H and O–H groups in total. The molecule has 100 valence electrons. The average Bonchev–Trinajstić information content (AvgIpc) is 2.40. The van der Waals surface area contributed by atoms with E-state index in [1.165, 1.54) is 5.56 Å². The molecule has 0 aromatic heterocycles. The van der Waals surface area contributed by atoms with Gasteiger partial charge in [-0.2, -0.15) is 5.26 Å². The minimum atomic E-state index is -0.359. The number of nitrogens with zero attached hydrogens (tertiary/aromatic N) is 4. The second-order valence-electron chi connectivity index (χ2n) is 4.81. The topological polar surface area (TPSA) is 84.6 Å². The molecule has 19 heavy (non-hydrogen) atoms. The Kier molecular flexibility index (Phi) is 6.45. The van der Waals surface area contributed by atoms with Gasteiger partial charge in [-0.05, 0) is 29.0 Å². The minimum Gasteiger partial charge on any atom is -0.298 e. The quantitative estimate of drug-likeness (QED) is 0.351. The normalized spacial score (nSPS) is 11.7. The van der Waals surface area contributed by atoms with Crippen molar-refractivity contribution in [2.45, 2.75) is 26.3 Å². The Morgan fingerprint density at radius 1 is 1.37 bits per heavy atom. The summed E-state index contributed by atoms with van der Waals surface area (Å²) < 4.78 is 0. The van der Waals surface area contributed by atoms with Gasteiger partial charge in [0.25, 0.3) is 0 Å². The van der Waals surface area contributed by atoms with E-state index in [-0.39, 0.29) is 6.04 Å². The number of benzene rings is 1. The maximum atomic E-state index is 9.13. The summed E-state index contributed by atoms with van der Waals surface area (Å²) in [6, 6.07) is 9.94. The van der Waals surface area contributed by atoms with Crippen LogP contribution in [0.2, 0.25) is 0 Å². The summed E-state index contributed by atoms with van der Waals surface area (Å²) >= 11 is 0. The molecule has 1 atom stereocenters. The first kappa shape index (κ1) is 15.0. The highest BCUT2D eigenvalue weighted by Gasteiger charge is 2.09. The molecule has 1 aromatic carbocycles. The molecule has 0 amide bonds. The molecule has 5 nitrogen and oxygen atoms in total. The fraction of sp³-hybridized carbons (Fsp3) is 0.500. The third-order valence-electron chi connectivity index (χ3n) is 2.71. The van der Waals surface area contributed by atoms with Crippen LogP contribution in [0.5, 0.6) is 0 Å². The Hall–Kier alpha value is -2.02. The second-order valence-corrected chi connectivity index (χ2v) is 4.81. The molecule has 0 aliphatic carbocycles. The zero-order chi connectivity index (χ0) is 14.1. The average molecular weight is 257 g/mol. The lowest BCUT2D eigenvalue weighted by atomic mass is 10.00. The predicted molar refractivity (Wildman–Crippen MR) is 75.4 cm³/mol. The molecule has 1 unspecified atom stereocenters. The zero-order valence-electron chi connectivity index (χ0n) is 11.4. The molecule has 0 saturated heterocycles. The molecule has 0 heterocycles. The van der Waals surface area contributed by atoms with E-state index in [0.717, 1.165) is 12.0 Å². The van der Waals surface area contributed by atoms with E-state index in [1.54, 1.807) is 0 Å². The van der Waals surface area contributed by atoms with Gasteiger partial charge in [0.05, 0.1) is 6.07 Å². The molecule has 0 aliphatic rings. The number of hydrogen-bond acceptors (Lipinski definition) is 3. The van der Waals surface area contributed by atoms with Crippen molar-refractivity contribution < 1.29 is 0 Å². The van der Waals surface area contributed by atoms with Gasteiger partial charge in [-0.25, -0.2) is 0 Å². The highest BCUT2D eigenvalue weighted by Crippen LogP contribution is 2.15. The molecule has 0 spiro atoms. The Morgan fingerprint density at radius 3 is 2.58 bits per heavy atom. The van der Waals surface area contributed by atoms with E-state index in [4.69, 9.17) is 10.8 Å². The van der Waals surface area contributed by atoms with Crippen LogP contribution in [0.25, 0.3) is 10.4 Å². The van der Waals surface area contributed by atoms with Crippen LogP contribution in [0.3, 0.4) is 0 Å². The Labute approximate surface area is 113 Å². The summed E-state index contributed by atoms with van der Waals surface area (Å²) in [4.78, 5) is 2.67. The largest absolute Gasteiger partial charge is 0.298 e. The van der Waals surface area contributed by atoms with Gasteiger partial charge in [0.1, 0.15) is 6.04 Å². The Bertz CT molecular complexity index is 466. The number of rotatable bonds is 7. The summed E-state index contributed by atoms with van der Waals surface area (Å²) in [6.07, 6.45) is 1.04. The minimum absolute atomic E-state index is 0.347. The van der Waals surface area contributed by atoms with Gasteiger partial charge in [0.15, 0.2) is 0 Å². The van der Waals surface area contributed by atoms with E-state index >= 15 is 0 Å². The van der Waals surface area contributed by atoms with Crippen LogP contribution in [0.4, 0.5) is 0 Å². The van der Waals surface area contributed by atoms with Crippen LogP contribution in [-0.2, 0) is 6.42 Å². The number of hydrogen-bond donors (Lipinski definition) is 1. The van der Waals surface area contributed by atoms with Crippen molar-refractivity contribution in [3.05, 3.63) is 45.8 Å². The van der Waals surface area contributed by atoms with Crippen molar-refractivity contribution in [2.75, 3.05) is 13.1 Å². The number of azide groups is 1. The summed E-state index contributed by atoms with van der Waals surface area (Å²) in [7, 11) is 0. The first-order valence-electron chi connectivity index (χ1n) is 6.40. The van der Waals surface area contributed by atoms with Crippen LogP contribution >= 0.6 is 0 Å². The lowest BCUT2D eigenvalue weighted by Gasteiger charge is -2.12. The molecule has 0 saturated carbocycles. The van der Waals surface area contributed by atoms with Crippen molar-refractivity contribution in [1.29, 1.82) is 5.26 Å². The standard InChI is InChI=1S/C14H19N5/c1-11(2)9-12-3-5-13(6-4-12)14(10-15)17-7-8-18-19-16/h3-6,11,14,17H,7-9H2,1-2H3. The molecule has 0 aliphatic heterocycles. The van der Waals surface area contributed by atoms with Gasteiger partial charge in [0, 0.05) is 18.0 Å². The highest BCUT2D eigenvalue weighted by atomic mass is 15.1. The van der Waals surface area contributed by atoms with Gasteiger partial charge >= 0.3 is 0 Å². The SMILES string of the molecule is CC(C)Cc1ccc(C(C#N)NCCN=[N+]=[N-])cc1. The third kappa shape index (κ3) is 5.43. The smallest absolute Gasteiger partial charge is 0.121 e. The van der Waals surface area contributed by atoms with Crippen LogP contribution < -0.4 is 5.32 Å². The van der Waals surface area contributed by atoms with Crippen molar-refractivity contribution >= 4 is 0 Å². The molecule has 1 aromatic rings. The maximum Gasteiger partial charge on any atom is 0.121 e. The molecular formula is C14H19N5. The van der Waals surface area contributed by atoms with Gasteiger partial charge in [-0.3, -0.25) is 5.32 Å². The van der Waals surface area contributed by atoms with Crippen LogP contribution in [0, 0.1) is 17.2 Å². The van der Waals surface area contributed by atoms with E-state index < -0.39 is 0 Å². The summed E-state index contributed by atoms with van der Waals surface area (Å²) in [5.41, 5.74) is 10.4. The Balaban J connectivity index is 2.61. The lowest BCUT2D eigenvalue weighted by Crippen LogP contribution is -2.22. The van der Waals surface area contributed by atoms with Crippen molar-refractivity contribution in [1.82, 2.24) is 5.32 Å². The predicted octanol–water partition coefficient (Wildman–Crippen LogP) is 3.35. The highest BCUT2D eigenvalue weighted by molar-refractivity contribution is 5.28. The number of nitriles is 1. The van der Waals surface area contributed by atoms with E-state index in [1.807, 2.05) is 12.1 Å². The fourth-order valence-electron chi connectivity index (χ4n) is 1.86. The van der Waals surface area contributed by atoms with Gasteiger partial charge < -0.3 is 0 Å². The van der Waals surface area contributed by atoms with E-state index in [0.29, 0.717) is 19.0 Å². The van der Waals surface area contributed by atoms with Crippen LogP contribution in [0.15, 0.2) is 29.4 Å². The fourth-order valence-corrected chi connectivity index (χ4v) is 1.86. The first-order valence-corrected chi connectivity index (χ1v) is 6.40. The molecule has 5 heteroatoms. The lowest BCUT2D eigenvalue weighted by molar-refractivity contribution is 0.632. The van der Waals surface area contributed by atoms with Gasteiger partial charge in [0.2, 0.25) is 0 Å². The van der Waals surface area contributed by atoms with Crippen molar-refractivity contribution in [3.8, 4) is 6.07 Å². The number of nitrogens with one attached hydrogen (secondary N) is 1. The van der Waals surface area contributed by atoms with Crippen molar-refractivity contribution in [2.24, 2.45) is 11.0 Å². The summed E-state index contributed by atoms with van der Waals surface area (Å²) in [5, 5.41) is 15.6. The maximum absolute atomic E-state index is 9.13. The molecule has 0 radical (unpaired) electrons.